The fourth-order valence-corrected chi connectivity index (χ4v) is 5.02. The lowest BCUT2D eigenvalue weighted by Crippen LogP contribution is -2.35. The van der Waals surface area contributed by atoms with E-state index in [0.29, 0.717) is 23.8 Å². The predicted molar refractivity (Wildman–Crippen MR) is 103 cm³/mol. The average Bonchev–Trinajstić information content (AvgIpc) is 3.09. The van der Waals surface area contributed by atoms with Gasteiger partial charge < -0.3 is 4.90 Å². The van der Waals surface area contributed by atoms with Gasteiger partial charge in [-0.1, -0.05) is 6.92 Å². The lowest BCUT2D eigenvalue weighted by molar-refractivity contribution is -0.122. The SMILES string of the molecule is CC1(C(=O)N=S(C)(=O)c2cnn3c2CN(c2ccnc4nccn24)CC3)CC1. The Balaban J connectivity index is 1.52. The summed E-state index contributed by atoms with van der Waals surface area (Å²) >= 11 is 0. The molecule has 2 aliphatic rings. The molecule has 9 nitrogen and oxygen atoms in total. The number of anilines is 1. The van der Waals surface area contributed by atoms with E-state index in [1.54, 1.807) is 18.6 Å². The van der Waals surface area contributed by atoms with Crippen LogP contribution >= 0.6 is 0 Å². The first-order valence-corrected chi connectivity index (χ1v) is 11.1. The van der Waals surface area contributed by atoms with Crippen LogP contribution in [0.1, 0.15) is 25.5 Å². The Labute approximate surface area is 162 Å². The maximum Gasteiger partial charge on any atom is 0.259 e. The summed E-state index contributed by atoms with van der Waals surface area (Å²) in [6.45, 7) is 3.82. The Morgan fingerprint density at radius 3 is 2.82 bits per heavy atom. The Morgan fingerprint density at radius 2 is 2.04 bits per heavy atom. The molecule has 1 saturated carbocycles. The van der Waals surface area contributed by atoms with Gasteiger partial charge in [-0.05, 0) is 18.9 Å². The van der Waals surface area contributed by atoms with Crippen LogP contribution in [-0.4, -0.2) is 47.1 Å². The molecule has 1 aliphatic heterocycles. The molecule has 28 heavy (non-hydrogen) atoms. The van der Waals surface area contributed by atoms with Crippen LogP contribution in [0.25, 0.3) is 5.78 Å². The van der Waals surface area contributed by atoms with Crippen molar-refractivity contribution in [1.82, 2.24) is 24.1 Å². The van der Waals surface area contributed by atoms with Gasteiger partial charge in [0.2, 0.25) is 5.78 Å². The summed E-state index contributed by atoms with van der Waals surface area (Å²) < 4.78 is 21.2. The molecule has 1 atom stereocenters. The highest BCUT2D eigenvalue weighted by Crippen LogP contribution is 2.46. The zero-order valence-corrected chi connectivity index (χ0v) is 16.6. The zero-order valence-electron chi connectivity index (χ0n) is 15.8. The third kappa shape index (κ3) is 2.70. The van der Waals surface area contributed by atoms with E-state index in [9.17, 15) is 9.00 Å². The molecule has 0 aromatic carbocycles. The molecule has 1 fully saturated rings. The topological polar surface area (TPSA) is 97.7 Å². The number of nitrogens with zero attached hydrogens (tertiary/aromatic N) is 7. The quantitative estimate of drug-likeness (QED) is 0.665. The molecule has 146 valence electrons. The van der Waals surface area contributed by atoms with Crippen molar-refractivity contribution >= 4 is 27.2 Å². The molecule has 10 heteroatoms. The fourth-order valence-electron chi connectivity index (χ4n) is 3.53. The van der Waals surface area contributed by atoms with Gasteiger partial charge in [0.15, 0.2) is 0 Å². The summed E-state index contributed by atoms with van der Waals surface area (Å²) in [6, 6.07) is 1.94. The van der Waals surface area contributed by atoms with Crippen LogP contribution in [0.4, 0.5) is 5.82 Å². The van der Waals surface area contributed by atoms with Crippen molar-refractivity contribution in [2.75, 3.05) is 17.7 Å². The van der Waals surface area contributed by atoms with Gasteiger partial charge >= 0.3 is 0 Å². The van der Waals surface area contributed by atoms with Crippen molar-refractivity contribution in [3.63, 3.8) is 0 Å². The first-order chi connectivity index (χ1) is 13.4. The molecule has 3 aromatic heterocycles. The second-order valence-electron chi connectivity index (χ2n) is 7.76. The summed E-state index contributed by atoms with van der Waals surface area (Å²) in [4.78, 5) is 23.6. The Kier molecular flexibility index (Phi) is 3.64. The fraction of sp³-hybridized carbons (Fsp3) is 0.444. The molecular formula is C18H21N7O2S. The number of carbonyl (C=O) groups excluding carboxylic acids is 1. The molecule has 1 amide bonds. The Bertz CT molecular complexity index is 1210. The van der Waals surface area contributed by atoms with Crippen molar-refractivity contribution < 1.29 is 9.00 Å². The van der Waals surface area contributed by atoms with E-state index < -0.39 is 15.1 Å². The van der Waals surface area contributed by atoms with Gasteiger partial charge in [-0.25, -0.2) is 14.2 Å². The molecule has 0 saturated heterocycles. The highest BCUT2D eigenvalue weighted by Gasteiger charge is 2.45. The first kappa shape index (κ1) is 17.4. The van der Waals surface area contributed by atoms with E-state index in [1.807, 2.05) is 28.3 Å². The smallest absolute Gasteiger partial charge is 0.259 e. The summed E-state index contributed by atoms with van der Waals surface area (Å²) in [5, 5.41) is 4.40. The van der Waals surface area contributed by atoms with Crippen LogP contribution in [0, 0.1) is 5.41 Å². The predicted octanol–water partition coefficient (Wildman–Crippen LogP) is 1.73. The largest absolute Gasteiger partial charge is 0.350 e. The van der Waals surface area contributed by atoms with E-state index in [-0.39, 0.29) is 5.91 Å². The van der Waals surface area contributed by atoms with Gasteiger partial charge in [0.25, 0.3) is 5.91 Å². The summed E-state index contributed by atoms with van der Waals surface area (Å²) in [6.07, 6.45) is 10.1. The van der Waals surface area contributed by atoms with Crippen molar-refractivity contribution in [2.45, 2.75) is 37.8 Å². The minimum absolute atomic E-state index is 0.262. The molecule has 4 heterocycles. The number of amides is 1. The van der Waals surface area contributed by atoms with E-state index >= 15 is 0 Å². The van der Waals surface area contributed by atoms with Crippen LogP contribution in [0.15, 0.2) is 40.1 Å². The van der Waals surface area contributed by atoms with E-state index in [0.717, 1.165) is 30.9 Å². The molecule has 0 radical (unpaired) electrons. The van der Waals surface area contributed by atoms with Gasteiger partial charge in [-0.15, -0.1) is 0 Å². The highest BCUT2D eigenvalue weighted by atomic mass is 32.2. The lowest BCUT2D eigenvalue weighted by atomic mass is 10.1. The number of hydrogen-bond donors (Lipinski definition) is 0. The maximum absolute atomic E-state index is 13.3. The van der Waals surface area contributed by atoms with Gasteiger partial charge in [0.05, 0.1) is 39.6 Å². The second-order valence-corrected chi connectivity index (χ2v) is 9.99. The number of carbonyl (C=O) groups is 1. The highest BCUT2D eigenvalue weighted by molar-refractivity contribution is 7.93. The molecule has 0 N–H and O–H groups in total. The van der Waals surface area contributed by atoms with Crippen molar-refractivity contribution in [1.29, 1.82) is 0 Å². The first-order valence-electron chi connectivity index (χ1n) is 9.22. The minimum atomic E-state index is -2.85. The third-order valence-corrected chi connectivity index (χ3v) is 7.29. The summed E-state index contributed by atoms with van der Waals surface area (Å²) in [5.74, 6) is 1.33. The van der Waals surface area contributed by atoms with E-state index in [4.69, 9.17) is 0 Å². The molecular weight excluding hydrogens is 378 g/mol. The number of fused-ring (bicyclic) bond motifs is 2. The molecule has 0 spiro atoms. The molecule has 5 rings (SSSR count). The third-order valence-electron chi connectivity index (χ3n) is 5.62. The Hall–Kier alpha value is -2.75. The van der Waals surface area contributed by atoms with Crippen LogP contribution in [0.5, 0.6) is 0 Å². The van der Waals surface area contributed by atoms with Crippen molar-refractivity contribution in [3.8, 4) is 0 Å². The maximum atomic E-state index is 13.3. The van der Waals surface area contributed by atoms with Gasteiger partial charge in [-0.2, -0.15) is 9.46 Å². The minimum Gasteiger partial charge on any atom is -0.350 e. The summed E-state index contributed by atoms with van der Waals surface area (Å²) in [7, 11) is -2.85. The number of aromatic nitrogens is 5. The van der Waals surface area contributed by atoms with Crippen LogP contribution in [0.3, 0.4) is 0 Å². The van der Waals surface area contributed by atoms with Gasteiger partial charge in [0.1, 0.15) is 5.82 Å². The average molecular weight is 399 g/mol. The normalized spacial score (nSPS) is 19.9. The molecule has 3 aromatic rings. The van der Waals surface area contributed by atoms with Crippen molar-refractivity contribution in [2.24, 2.45) is 9.78 Å². The number of hydrogen-bond acceptors (Lipinski definition) is 6. The Morgan fingerprint density at radius 1 is 1.25 bits per heavy atom. The van der Waals surface area contributed by atoms with E-state index in [1.165, 1.54) is 6.26 Å². The lowest BCUT2D eigenvalue weighted by Gasteiger charge is -2.30. The van der Waals surface area contributed by atoms with Crippen LogP contribution in [0.2, 0.25) is 0 Å². The number of imidazole rings is 1. The monoisotopic (exact) mass is 399 g/mol. The van der Waals surface area contributed by atoms with Crippen molar-refractivity contribution in [3.05, 3.63) is 36.5 Å². The number of rotatable bonds is 3. The zero-order chi connectivity index (χ0) is 19.5. The standard InChI is InChI=1S/C18H21N7O2S/c1-18(4-5-18)16(26)22-28(2,27)14-11-21-25-10-9-23(12-13(14)25)15-3-6-19-17-20-7-8-24(15)17/h3,6-8,11H,4-5,9-10,12H2,1-2H3. The van der Waals surface area contributed by atoms with E-state index in [2.05, 4.69) is 24.3 Å². The van der Waals surface area contributed by atoms with Crippen LogP contribution in [-0.2, 0) is 27.6 Å². The second kappa shape index (κ2) is 5.87. The molecule has 1 aliphatic carbocycles. The van der Waals surface area contributed by atoms with Crippen LogP contribution < -0.4 is 4.90 Å². The molecule has 1 unspecified atom stereocenters. The molecule has 0 bridgehead atoms. The summed E-state index contributed by atoms with van der Waals surface area (Å²) in [5.41, 5.74) is 0.406. The van der Waals surface area contributed by atoms with Gasteiger partial charge in [-0.3, -0.25) is 13.9 Å². The van der Waals surface area contributed by atoms with Gasteiger partial charge in [0, 0.05) is 36.8 Å².